The molecule has 0 spiro atoms. The van der Waals surface area contributed by atoms with Crippen molar-refractivity contribution in [3.05, 3.63) is 52.0 Å². The van der Waals surface area contributed by atoms with E-state index in [1.807, 2.05) is 0 Å². The summed E-state index contributed by atoms with van der Waals surface area (Å²) in [4.78, 5) is 0.00473. The molecule has 0 saturated heterocycles. The fraction of sp³-hybridized carbons (Fsp3) is 0.250. The molecule has 0 radical (unpaired) electrons. The number of rotatable bonds is 7. The second-order valence-electron chi connectivity index (χ2n) is 4.88. The number of hydrogen-bond acceptors (Lipinski definition) is 5. The number of aryl methyl sites for hydroxylation is 1. The minimum absolute atomic E-state index is 0.00473. The molecule has 0 unspecified atom stereocenters. The van der Waals surface area contributed by atoms with Gasteiger partial charge in [0.05, 0.1) is 11.6 Å². The largest absolute Gasteiger partial charge is 0.491 e. The average molecular weight is 391 g/mol. The number of benzene rings is 2. The topological polar surface area (TPSA) is 61.8 Å². The summed E-state index contributed by atoms with van der Waals surface area (Å²) in [5.74, 6) is 0.592. The zero-order valence-corrected chi connectivity index (χ0v) is 15.4. The first-order chi connectivity index (χ1) is 11.3. The van der Waals surface area contributed by atoms with Crippen LogP contribution in [0.2, 0.25) is 10.0 Å². The molecule has 2 aromatic carbocycles. The Morgan fingerprint density at radius 1 is 1.00 bits per heavy atom. The highest BCUT2D eigenvalue weighted by atomic mass is 35.5. The van der Waals surface area contributed by atoms with Crippen molar-refractivity contribution in [2.24, 2.45) is 0 Å². The second-order valence-corrected chi connectivity index (χ2v) is 7.27. The van der Waals surface area contributed by atoms with Gasteiger partial charge in [0.2, 0.25) is 0 Å². The first-order valence-electron chi connectivity index (χ1n) is 6.95. The van der Waals surface area contributed by atoms with Gasteiger partial charge in [0.25, 0.3) is 0 Å². The highest BCUT2D eigenvalue weighted by Crippen LogP contribution is 2.31. The molecule has 0 atom stereocenters. The minimum Gasteiger partial charge on any atom is -0.491 e. The van der Waals surface area contributed by atoms with E-state index in [9.17, 15) is 8.42 Å². The van der Waals surface area contributed by atoms with E-state index in [4.69, 9.17) is 36.9 Å². The fourth-order valence-corrected chi connectivity index (χ4v) is 3.41. The van der Waals surface area contributed by atoms with Crippen molar-refractivity contribution in [2.45, 2.75) is 11.8 Å². The maximum atomic E-state index is 12.4. The molecular weight excluding hydrogens is 375 g/mol. The Balaban J connectivity index is 2.21. The summed E-state index contributed by atoms with van der Waals surface area (Å²) in [5, 5.41) is 0.500. The van der Waals surface area contributed by atoms with E-state index >= 15 is 0 Å². The predicted molar refractivity (Wildman–Crippen MR) is 92.8 cm³/mol. The van der Waals surface area contributed by atoms with Gasteiger partial charge in [-0.3, -0.25) is 0 Å². The summed E-state index contributed by atoms with van der Waals surface area (Å²) < 4.78 is 40.3. The Bertz CT molecular complexity index is 821. The third-order valence-corrected chi connectivity index (χ3v) is 4.83. The van der Waals surface area contributed by atoms with Gasteiger partial charge in [0, 0.05) is 12.1 Å². The van der Waals surface area contributed by atoms with Crippen LogP contribution in [0.5, 0.6) is 11.5 Å². The number of ether oxygens (including phenoxy) is 2. The lowest BCUT2D eigenvalue weighted by Gasteiger charge is -2.12. The van der Waals surface area contributed by atoms with Crippen molar-refractivity contribution < 1.29 is 22.1 Å². The quantitative estimate of drug-likeness (QED) is 0.526. The molecule has 0 aliphatic heterocycles. The second kappa shape index (κ2) is 8.07. The molecule has 0 aromatic heterocycles. The molecule has 0 N–H and O–H groups in total. The lowest BCUT2D eigenvalue weighted by Crippen LogP contribution is -2.11. The van der Waals surface area contributed by atoms with Gasteiger partial charge in [-0.25, -0.2) is 0 Å². The summed E-state index contributed by atoms with van der Waals surface area (Å²) in [6, 6.07) is 8.76. The van der Waals surface area contributed by atoms with Crippen LogP contribution in [-0.2, 0) is 14.9 Å². The van der Waals surface area contributed by atoms with E-state index < -0.39 is 10.1 Å². The lowest BCUT2D eigenvalue weighted by atomic mass is 10.2. The summed E-state index contributed by atoms with van der Waals surface area (Å²) in [6.07, 6.45) is 0. The van der Waals surface area contributed by atoms with Gasteiger partial charge in [-0.2, -0.15) is 8.42 Å². The van der Waals surface area contributed by atoms with Crippen molar-refractivity contribution in [3.63, 3.8) is 0 Å². The van der Waals surface area contributed by atoms with Gasteiger partial charge in [-0.1, -0.05) is 23.2 Å². The van der Waals surface area contributed by atoms with Gasteiger partial charge in [-0.05, 0) is 48.9 Å². The van der Waals surface area contributed by atoms with Crippen LogP contribution >= 0.6 is 23.2 Å². The van der Waals surface area contributed by atoms with Crippen molar-refractivity contribution >= 4 is 33.3 Å². The zero-order valence-electron chi connectivity index (χ0n) is 13.1. The van der Waals surface area contributed by atoms with Gasteiger partial charge in [0.15, 0.2) is 5.75 Å². The van der Waals surface area contributed by atoms with E-state index in [0.717, 1.165) is 0 Å². The van der Waals surface area contributed by atoms with Crippen LogP contribution in [-0.4, -0.2) is 28.7 Å². The Hall–Kier alpha value is -1.47. The van der Waals surface area contributed by atoms with Crippen LogP contribution in [0.3, 0.4) is 0 Å². The van der Waals surface area contributed by atoms with Gasteiger partial charge >= 0.3 is 10.1 Å². The standard InChI is InChI=1S/C16H16Cl2O5S/c1-11-9-13(4-6-15(11)22-8-7-21-2)24(19,20)23-16-5-3-12(17)10-14(16)18/h3-6,9-10H,7-8H2,1-2H3. The van der Waals surface area contributed by atoms with Crippen LogP contribution in [0, 0.1) is 6.92 Å². The maximum absolute atomic E-state index is 12.4. The molecule has 8 heteroatoms. The molecule has 2 rings (SSSR count). The maximum Gasteiger partial charge on any atom is 0.339 e. The van der Waals surface area contributed by atoms with Gasteiger partial charge < -0.3 is 13.7 Å². The van der Waals surface area contributed by atoms with Crippen LogP contribution in [0.15, 0.2) is 41.3 Å². The third-order valence-electron chi connectivity index (χ3n) is 3.07. The highest BCUT2D eigenvalue weighted by Gasteiger charge is 2.19. The molecular formula is C16H16Cl2O5S. The molecule has 2 aromatic rings. The normalized spacial score (nSPS) is 11.3. The van der Waals surface area contributed by atoms with E-state index in [1.54, 1.807) is 20.1 Å². The number of methoxy groups -OCH3 is 1. The summed E-state index contributed by atoms with van der Waals surface area (Å²) >= 11 is 11.7. The fourth-order valence-electron chi connectivity index (χ4n) is 1.88. The first-order valence-corrected chi connectivity index (χ1v) is 9.12. The van der Waals surface area contributed by atoms with Crippen molar-refractivity contribution in [1.82, 2.24) is 0 Å². The first kappa shape index (κ1) is 18.9. The van der Waals surface area contributed by atoms with Crippen molar-refractivity contribution in [1.29, 1.82) is 0 Å². The average Bonchev–Trinajstić information content (AvgIpc) is 2.52. The van der Waals surface area contributed by atoms with Crippen LogP contribution < -0.4 is 8.92 Å². The summed E-state index contributed by atoms with van der Waals surface area (Å²) in [5.41, 5.74) is 0.665. The van der Waals surface area contributed by atoms with E-state index in [2.05, 4.69) is 0 Å². The molecule has 0 aliphatic carbocycles. The molecule has 24 heavy (non-hydrogen) atoms. The monoisotopic (exact) mass is 390 g/mol. The molecule has 0 amide bonds. The Morgan fingerprint density at radius 3 is 2.33 bits per heavy atom. The van der Waals surface area contributed by atoms with Crippen LogP contribution in [0.1, 0.15) is 5.56 Å². The SMILES string of the molecule is COCCOc1ccc(S(=O)(=O)Oc2ccc(Cl)cc2Cl)cc1C. The molecule has 0 bridgehead atoms. The Kier molecular flexibility index (Phi) is 6.34. The third kappa shape index (κ3) is 4.77. The molecule has 0 saturated carbocycles. The van der Waals surface area contributed by atoms with E-state index in [1.165, 1.54) is 30.3 Å². The highest BCUT2D eigenvalue weighted by molar-refractivity contribution is 7.87. The Labute approximate surface area is 151 Å². The van der Waals surface area contributed by atoms with Gasteiger partial charge in [0.1, 0.15) is 17.3 Å². The molecule has 0 fully saturated rings. The van der Waals surface area contributed by atoms with Crippen LogP contribution in [0.25, 0.3) is 0 Å². The van der Waals surface area contributed by atoms with Crippen molar-refractivity contribution in [2.75, 3.05) is 20.3 Å². The molecule has 0 aliphatic rings. The predicted octanol–water partition coefficient (Wildman–Crippen LogP) is 4.09. The van der Waals surface area contributed by atoms with E-state index in [-0.39, 0.29) is 15.7 Å². The lowest BCUT2D eigenvalue weighted by molar-refractivity contribution is 0.146. The molecule has 130 valence electrons. The molecule has 5 nitrogen and oxygen atoms in total. The number of halogens is 2. The van der Waals surface area contributed by atoms with Crippen molar-refractivity contribution in [3.8, 4) is 11.5 Å². The smallest absolute Gasteiger partial charge is 0.339 e. The van der Waals surface area contributed by atoms with Gasteiger partial charge in [-0.15, -0.1) is 0 Å². The summed E-state index contributed by atoms with van der Waals surface area (Å²) in [7, 11) is -2.45. The minimum atomic E-state index is -4.02. The Morgan fingerprint density at radius 2 is 1.71 bits per heavy atom. The zero-order chi connectivity index (χ0) is 17.7. The van der Waals surface area contributed by atoms with E-state index in [0.29, 0.717) is 29.5 Å². The number of hydrogen-bond donors (Lipinski definition) is 0. The summed E-state index contributed by atoms with van der Waals surface area (Å²) in [6.45, 7) is 2.56. The van der Waals surface area contributed by atoms with Crippen LogP contribution in [0.4, 0.5) is 0 Å². The molecule has 0 heterocycles.